The summed E-state index contributed by atoms with van der Waals surface area (Å²) in [5.41, 5.74) is 2.02. The summed E-state index contributed by atoms with van der Waals surface area (Å²) in [4.78, 5) is 0. The molecule has 14 heavy (non-hydrogen) atoms. The second-order valence-electron chi connectivity index (χ2n) is 3.48. The molecule has 0 spiro atoms. The van der Waals surface area contributed by atoms with Crippen LogP contribution in [0.2, 0.25) is 0 Å². The van der Waals surface area contributed by atoms with Crippen LogP contribution in [0.25, 0.3) is 0 Å². The van der Waals surface area contributed by atoms with Gasteiger partial charge >= 0.3 is 0 Å². The first-order chi connectivity index (χ1) is 6.70. The lowest BCUT2D eigenvalue weighted by atomic mass is 9.86. The van der Waals surface area contributed by atoms with Crippen LogP contribution in [0.4, 0.5) is 0 Å². The molecule has 1 unspecified atom stereocenters. The molecular weight excluding hydrogens is 175 g/mol. The number of methoxy groups -OCH3 is 1. The van der Waals surface area contributed by atoms with Gasteiger partial charge < -0.3 is 9.84 Å². The Balaban J connectivity index is 2.96. The normalized spacial score (nSPS) is 12.5. The van der Waals surface area contributed by atoms with E-state index in [9.17, 15) is 5.11 Å². The summed E-state index contributed by atoms with van der Waals surface area (Å²) in [6.45, 7) is 2.07. The van der Waals surface area contributed by atoms with Crippen molar-refractivity contribution in [2.45, 2.75) is 25.9 Å². The van der Waals surface area contributed by atoms with Crippen LogP contribution < -0.4 is 10.2 Å². The maximum absolute atomic E-state index is 9.87. The molecule has 0 bridgehead atoms. The summed E-state index contributed by atoms with van der Waals surface area (Å²) in [5.74, 6) is 0.845. The van der Waals surface area contributed by atoms with Gasteiger partial charge in [-0.25, -0.2) is 0 Å². The maximum Gasteiger partial charge on any atom is 0.144 e. The third-order valence-corrected chi connectivity index (χ3v) is 2.47. The summed E-state index contributed by atoms with van der Waals surface area (Å²) in [6.07, 6.45) is 1.42. The number of rotatable bonds is 4. The minimum atomic E-state index is -0.366. The van der Waals surface area contributed by atoms with Gasteiger partial charge in [0.25, 0.3) is 0 Å². The summed E-state index contributed by atoms with van der Waals surface area (Å²) < 4.78 is 5.20. The molecule has 3 heteroatoms. The first kappa shape index (κ1) is 11.1. The molecule has 1 aromatic carbocycles. The SMILES string of the molecule is Bc1c(OC)cccc1C(O)CCC. The van der Waals surface area contributed by atoms with Crippen molar-refractivity contribution >= 4 is 13.3 Å². The van der Waals surface area contributed by atoms with E-state index in [0.717, 1.165) is 29.6 Å². The van der Waals surface area contributed by atoms with Gasteiger partial charge in [-0.15, -0.1) is 0 Å². The lowest BCUT2D eigenvalue weighted by Gasteiger charge is -2.15. The van der Waals surface area contributed by atoms with E-state index in [1.54, 1.807) is 7.11 Å². The van der Waals surface area contributed by atoms with E-state index in [2.05, 4.69) is 6.92 Å². The van der Waals surface area contributed by atoms with Gasteiger partial charge in [-0.2, -0.15) is 0 Å². The molecule has 2 nitrogen and oxygen atoms in total. The third kappa shape index (κ3) is 2.29. The van der Waals surface area contributed by atoms with Crippen LogP contribution in [-0.4, -0.2) is 20.1 Å². The highest BCUT2D eigenvalue weighted by Gasteiger charge is 2.11. The number of aliphatic hydroxyl groups excluding tert-OH is 1. The van der Waals surface area contributed by atoms with E-state index in [1.807, 2.05) is 26.0 Å². The van der Waals surface area contributed by atoms with E-state index in [-0.39, 0.29) is 6.10 Å². The minimum Gasteiger partial charge on any atom is -0.497 e. The number of hydrogen-bond donors (Lipinski definition) is 1. The minimum absolute atomic E-state index is 0.366. The average Bonchev–Trinajstić information content (AvgIpc) is 2.18. The van der Waals surface area contributed by atoms with Gasteiger partial charge in [0.05, 0.1) is 13.2 Å². The van der Waals surface area contributed by atoms with Crippen molar-refractivity contribution < 1.29 is 9.84 Å². The van der Waals surface area contributed by atoms with Crippen molar-refractivity contribution in [3.05, 3.63) is 23.8 Å². The van der Waals surface area contributed by atoms with Gasteiger partial charge in [0.2, 0.25) is 0 Å². The number of aliphatic hydroxyl groups is 1. The van der Waals surface area contributed by atoms with Crippen molar-refractivity contribution in [1.29, 1.82) is 0 Å². The third-order valence-electron chi connectivity index (χ3n) is 2.47. The summed E-state index contributed by atoms with van der Waals surface area (Å²) in [5, 5.41) is 9.87. The zero-order valence-corrected chi connectivity index (χ0v) is 9.08. The first-order valence-electron chi connectivity index (χ1n) is 5.02. The van der Waals surface area contributed by atoms with E-state index >= 15 is 0 Å². The molecule has 0 saturated carbocycles. The fourth-order valence-electron chi connectivity index (χ4n) is 1.64. The van der Waals surface area contributed by atoms with E-state index in [4.69, 9.17) is 4.74 Å². The highest BCUT2D eigenvalue weighted by Crippen LogP contribution is 2.19. The second-order valence-corrected chi connectivity index (χ2v) is 3.48. The van der Waals surface area contributed by atoms with Crippen molar-refractivity contribution in [3.63, 3.8) is 0 Å². The topological polar surface area (TPSA) is 29.5 Å². The van der Waals surface area contributed by atoms with Crippen LogP contribution in [0.1, 0.15) is 31.4 Å². The lowest BCUT2D eigenvalue weighted by Crippen LogP contribution is -2.16. The maximum atomic E-state index is 9.87. The largest absolute Gasteiger partial charge is 0.497 e. The molecule has 0 aliphatic rings. The van der Waals surface area contributed by atoms with Crippen LogP contribution in [0.15, 0.2) is 18.2 Å². The lowest BCUT2D eigenvalue weighted by molar-refractivity contribution is 0.167. The van der Waals surface area contributed by atoms with Gasteiger partial charge in [0.1, 0.15) is 13.6 Å². The number of ether oxygens (including phenoxy) is 1. The Morgan fingerprint density at radius 2 is 2.21 bits per heavy atom. The summed E-state index contributed by atoms with van der Waals surface area (Å²) >= 11 is 0. The Bertz CT molecular complexity index is 299. The van der Waals surface area contributed by atoms with Gasteiger partial charge in [0.15, 0.2) is 0 Å². The van der Waals surface area contributed by atoms with E-state index in [1.165, 1.54) is 0 Å². The van der Waals surface area contributed by atoms with E-state index < -0.39 is 0 Å². The Labute approximate surface area is 86.3 Å². The molecule has 1 N–H and O–H groups in total. The van der Waals surface area contributed by atoms with Crippen LogP contribution in [0, 0.1) is 0 Å². The predicted octanol–water partition coefficient (Wildman–Crippen LogP) is 0.787. The van der Waals surface area contributed by atoms with Crippen LogP contribution in [-0.2, 0) is 0 Å². The monoisotopic (exact) mass is 192 g/mol. The predicted molar refractivity (Wildman–Crippen MR) is 61.0 cm³/mol. The molecule has 1 rings (SSSR count). The molecule has 1 aromatic rings. The molecule has 76 valence electrons. The highest BCUT2D eigenvalue weighted by molar-refractivity contribution is 6.35. The molecule has 0 fully saturated rings. The molecule has 0 saturated heterocycles. The fourth-order valence-corrected chi connectivity index (χ4v) is 1.64. The molecule has 0 amide bonds. The standard InChI is InChI=1S/C11H17BO2/c1-3-5-9(13)8-6-4-7-10(14-2)11(8)12/h4,6-7,9,13H,3,5,12H2,1-2H3. The van der Waals surface area contributed by atoms with Gasteiger partial charge in [-0.05, 0) is 23.5 Å². The molecule has 0 aromatic heterocycles. The second kappa shape index (κ2) is 5.06. The molecular formula is C11H17BO2. The molecule has 1 atom stereocenters. The zero-order chi connectivity index (χ0) is 10.6. The smallest absolute Gasteiger partial charge is 0.144 e. The average molecular weight is 192 g/mol. The van der Waals surface area contributed by atoms with Crippen LogP contribution in [0.3, 0.4) is 0 Å². The van der Waals surface area contributed by atoms with Gasteiger partial charge in [-0.1, -0.05) is 25.5 Å². The van der Waals surface area contributed by atoms with Crippen molar-refractivity contribution in [3.8, 4) is 5.75 Å². The quantitative estimate of drug-likeness (QED) is 0.714. The molecule has 0 aliphatic heterocycles. The summed E-state index contributed by atoms with van der Waals surface area (Å²) in [6, 6.07) is 5.79. The van der Waals surface area contributed by atoms with E-state index in [0.29, 0.717) is 0 Å². The van der Waals surface area contributed by atoms with Crippen molar-refractivity contribution in [1.82, 2.24) is 0 Å². The zero-order valence-electron chi connectivity index (χ0n) is 9.08. The molecule has 0 aliphatic carbocycles. The highest BCUT2D eigenvalue weighted by atomic mass is 16.5. The van der Waals surface area contributed by atoms with Gasteiger partial charge in [0, 0.05) is 0 Å². The Hall–Kier alpha value is -0.955. The first-order valence-corrected chi connectivity index (χ1v) is 5.02. The number of benzene rings is 1. The molecule has 0 radical (unpaired) electrons. The van der Waals surface area contributed by atoms with Crippen molar-refractivity contribution in [2.24, 2.45) is 0 Å². The van der Waals surface area contributed by atoms with Gasteiger partial charge in [-0.3, -0.25) is 0 Å². The van der Waals surface area contributed by atoms with Crippen LogP contribution in [0.5, 0.6) is 5.75 Å². The fraction of sp³-hybridized carbons (Fsp3) is 0.455. The van der Waals surface area contributed by atoms with Crippen LogP contribution >= 0.6 is 0 Å². The van der Waals surface area contributed by atoms with Crippen molar-refractivity contribution in [2.75, 3.05) is 7.11 Å². The Kier molecular flexibility index (Phi) is 4.02. The Morgan fingerprint density at radius 3 is 2.79 bits per heavy atom. The summed E-state index contributed by atoms with van der Waals surface area (Å²) in [7, 11) is 3.63. The Morgan fingerprint density at radius 1 is 1.50 bits per heavy atom. The number of hydrogen-bond acceptors (Lipinski definition) is 2. The molecule has 0 heterocycles.